The molecule has 1 aromatic rings. The van der Waals surface area contributed by atoms with E-state index in [9.17, 15) is 9.59 Å². The van der Waals surface area contributed by atoms with Crippen LogP contribution in [0.4, 0.5) is 10.5 Å². The number of benzene rings is 1. The Bertz CT molecular complexity index is 504. The molecular weight excluding hydrogens is 292 g/mol. The molecule has 1 aromatic carbocycles. The first-order chi connectivity index (χ1) is 9.88. The van der Waals surface area contributed by atoms with Crippen molar-refractivity contribution in [3.8, 4) is 0 Å². The first-order valence-electron chi connectivity index (χ1n) is 6.85. The van der Waals surface area contributed by atoms with Gasteiger partial charge in [0.2, 0.25) is 5.91 Å². The molecule has 0 aliphatic rings. The number of rotatable bonds is 6. The third-order valence-corrected chi connectivity index (χ3v) is 2.88. The van der Waals surface area contributed by atoms with Crippen LogP contribution in [0.15, 0.2) is 18.2 Å². The number of anilines is 1. The Hall–Kier alpha value is -1.75. The Morgan fingerprint density at radius 2 is 2.05 bits per heavy atom. The van der Waals surface area contributed by atoms with Gasteiger partial charge < -0.3 is 15.4 Å². The molecule has 0 aromatic heterocycles. The highest BCUT2D eigenvalue weighted by Crippen LogP contribution is 2.20. The van der Waals surface area contributed by atoms with Gasteiger partial charge in [-0.1, -0.05) is 31.5 Å². The molecule has 0 fully saturated rings. The molecule has 0 unspecified atom stereocenters. The summed E-state index contributed by atoms with van der Waals surface area (Å²) in [5.74, 6) is 0.0920. The van der Waals surface area contributed by atoms with Crippen molar-refractivity contribution in [3.05, 3.63) is 28.8 Å². The zero-order valence-corrected chi connectivity index (χ0v) is 13.3. The number of halogens is 1. The van der Waals surface area contributed by atoms with Crippen molar-refractivity contribution in [3.63, 3.8) is 0 Å². The van der Waals surface area contributed by atoms with Crippen LogP contribution < -0.4 is 10.6 Å². The molecular formula is C15H21ClN2O3. The van der Waals surface area contributed by atoms with Crippen LogP contribution in [0, 0.1) is 12.8 Å². The molecule has 6 heteroatoms. The van der Waals surface area contributed by atoms with E-state index in [1.807, 2.05) is 26.8 Å². The van der Waals surface area contributed by atoms with Gasteiger partial charge in [-0.25, -0.2) is 4.79 Å². The number of amides is 2. The zero-order chi connectivity index (χ0) is 15.8. The second-order valence-electron chi connectivity index (χ2n) is 5.18. The van der Waals surface area contributed by atoms with Gasteiger partial charge in [0.05, 0.1) is 6.61 Å². The van der Waals surface area contributed by atoms with Crippen LogP contribution in [0.3, 0.4) is 0 Å². The van der Waals surface area contributed by atoms with Gasteiger partial charge in [-0.3, -0.25) is 4.79 Å². The fourth-order valence-corrected chi connectivity index (χ4v) is 1.69. The van der Waals surface area contributed by atoms with E-state index in [1.165, 1.54) is 0 Å². The minimum absolute atomic E-state index is 0.169. The Kier molecular flexibility index (Phi) is 7.02. The maximum Gasteiger partial charge on any atom is 0.407 e. The van der Waals surface area contributed by atoms with E-state index in [0.29, 0.717) is 17.3 Å². The third kappa shape index (κ3) is 6.99. The summed E-state index contributed by atoms with van der Waals surface area (Å²) in [6, 6.07) is 5.29. The zero-order valence-electron chi connectivity index (χ0n) is 12.5. The van der Waals surface area contributed by atoms with Crippen LogP contribution in [0.1, 0.15) is 25.8 Å². The van der Waals surface area contributed by atoms with E-state index >= 15 is 0 Å². The lowest BCUT2D eigenvalue weighted by atomic mass is 10.2. The molecule has 0 saturated heterocycles. The Morgan fingerprint density at radius 1 is 1.33 bits per heavy atom. The first kappa shape index (κ1) is 17.3. The molecule has 2 amide bonds. The number of nitrogens with one attached hydrogen (secondary N) is 2. The van der Waals surface area contributed by atoms with E-state index in [2.05, 4.69) is 10.6 Å². The molecule has 0 bridgehead atoms. The summed E-state index contributed by atoms with van der Waals surface area (Å²) in [5.41, 5.74) is 1.60. The van der Waals surface area contributed by atoms with E-state index in [1.54, 1.807) is 12.1 Å². The monoisotopic (exact) mass is 312 g/mol. The molecule has 0 heterocycles. The van der Waals surface area contributed by atoms with Crippen LogP contribution in [0.5, 0.6) is 0 Å². The molecule has 0 spiro atoms. The highest BCUT2D eigenvalue weighted by Gasteiger charge is 2.07. The van der Waals surface area contributed by atoms with Crippen molar-refractivity contribution in [1.29, 1.82) is 0 Å². The topological polar surface area (TPSA) is 67.4 Å². The van der Waals surface area contributed by atoms with Crippen LogP contribution >= 0.6 is 11.6 Å². The third-order valence-electron chi connectivity index (χ3n) is 2.64. The van der Waals surface area contributed by atoms with Crippen molar-refractivity contribution in [2.75, 3.05) is 18.5 Å². The van der Waals surface area contributed by atoms with Gasteiger partial charge in [-0.05, 0) is 30.5 Å². The summed E-state index contributed by atoms with van der Waals surface area (Å²) < 4.78 is 4.94. The molecule has 5 nitrogen and oxygen atoms in total. The van der Waals surface area contributed by atoms with Crippen molar-refractivity contribution in [2.45, 2.75) is 27.2 Å². The average molecular weight is 313 g/mol. The Morgan fingerprint density at radius 3 is 2.71 bits per heavy atom. The molecule has 1 rings (SSSR count). The predicted molar refractivity (Wildman–Crippen MR) is 83.6 cm³/mol. The molecule has 2 N–H and O–H groups in total. The fourth-order valence-electron chi connectivity index (χ4n) is 1.51. The van der Waals surface area contributed by atoms with Crippen molar-refractivity contribution in [2.24, 2.45) is 5.92 Å². The summed E-state index contributed by atoms with van der Waals surface area (Å²) in [6.07, 6.45) is -0.335. The second-order valence-corrected chi connectivity index (χ2v) is 5.61. The van der Waals surface area contributed by atoms with Crippen LogP contribution in [0.2, 0.25) is 5.02 Å². The minimum atomic E-state index is -0.504. The number of aryl methyl sites for hydroxylation is 1. The van der Waals surface area contributed by atoms with Gasteiger partial charge in [0.15, 0.2) is 0 Å². The molecule has 0 aliphatic carbocycles. The summed E-state index contributed by atoms with van der Waals surface area (Å²) in [7, 11) is 0. The van der Waals surface area contributed by atoms with Gasteiger partial charge in [0.1, 0.15) is 0 Å². The SMILES string of the molecule is Cc1ccc(Cl)cc1NC(=O)CCNC(=O)OCC(C)C. The summed E-state index contributed by atoms with van der Waals surface area (Å²) in [4.78, 5) is 23.1. The van der Waals surface area contributed by atoms with Gasteiger partial charge in [-0.15, -0.1) is 0 Å². The quantitative estimate of drug-likeness (QED) is 0.846. The Balaban J connectivity index is 2.31. The summed E-state index contributed by atoms with van der Waals surface area (Å²) in [6.45, 7) is 6.37. The average Bonchev–Trinajstić information content (AvgIpc) is 2.40. The molecule has 21 heavy (non-hydrogen) atoms. The van der Waals surface area contributed by atoms with Crippen LogP contribution in [0.25, 0.3) is 0 Å². The van der Waals surface area contributed by atoms with E-state index in [4.69, 9.17) is 16.3 Å². The van der Waals surface area contributed by atoms with Gasteiger partial charge in [-0.2, -0.15) is 0 Å². The Labute approximate surface area is 130 Å². The van der Waals surface area contributed by atoms with Crippen LogP contribution in [-0.4, -0.2) is 25.2 Å². The summed E-state index contributed by atoms with van der Waals surface area (Å²) >= 11 is 5.88. The standard InChI is InChI=1S/C15H21ClN2O3/c1-10(2)9-21-15(20)17-7-6-14(19)18-13-8-12(16)5-4-11(13)3/h4-5,8,10H,6-7,9H2,1-3H3,(H,17,20)(H,18,19). The fraction of sp³-hybridized carbons (Fsp3) is 0.467. The molecule has 0 saturated carbocycles. The number of hydrogen-bond acceptors (Lipinski definition) is 3. The van der Waals surface area contributed by atoms with Crippen molar-refractivity contribution in [1.82, 2.24) is 5.32 Å². The number of ether oxygens (including phenoxy) is 1. The van der Waals surface area contributed by atoms with E-state index in [-0.39, 0.29) is 24.8 Å². The van der Waals surface area contributed by atoms with Crippen LogP contribution in [-0.2, 0) is 9.53 Å². The maximum atomic E-state index is 11.8. The number of hydrogen-bond donors (Lipinski definition) is 2. The van der Waals surface area contributed by atoms with E-state index in [0.717, 1.165) is 5.56 Å². The normalized spacial score (nSPS) is 10.3. The highest BCUT2D eigenvalue weighted by molar-refractivity contribution is 6.31. The molecule has 0 radical (unpaired) electrons. The minimum Gasteiger partial charge on any atom is -0.449 e. The predicted octanol–water partition coefficient (Wildman–Crippen LogP) is 3.36. The van der Waals surface area contributed by atoms with Crippen molar-refractivity contribution < 1.29 is 14.3 Å². The van der Waals surface area contributed by atoms with Crippen molar-refractivity contribution >= 4 is 29.3 Å². The van der Waals surface area contributed by atoms with E-state index < -0.39 is 6.09 Å². The largest absolute Gasteiger partial charge is 0.449 e. The molecule has 0 atom stereocenters. The lowest BCUT2D eigenvalue weighted by Crippen LogP contribution is -2.29. The second kappa shape index (κ2) is 8.52. The highest BCUT2D eigenvalue weighted by atomic mass is 35.5. The number of carbonyl (C=O) groups excluding carboxylic acids is 2. The van der Waals surface area contributed by atoms with Gasteiger partial charge in [0, 0.05) is 23.7 Å². The maximum absolute atomic E-state index is 11.8. The molecule has 116 valence electrons. The first-order valence-corrected chi connectivity index (χ1v) is 7.23. The smallest absolute Gasteiger partial charge is 0.407 e. The van der Waals surface area contributed by atoms with Gasteiger partial charge >= 0.3 is 6.09 Å². The lowest BCUT2D eigenvalue weighted by molar-refractivity contribution is -0.116. The molecule has 0 aliphatic heterocycles. The number of carbonyl (C=O) groups is 2. The number of alkyl carbamates (subject to hydrolysis) is 1. The summed E-state index contributed by atoms with van der Waals surface area (Å²) in [5, 5.41) is 5.85. The lowest BCUT2D eigenvalue weighted by Gasteiger charge is -2.10. The van der Waals surface area contributed by atoms with Gasteiger partial charge in [0.25, 0.3) is 0 Å².